The molecule has 230 valence electrons. The number of aryl methyl sites for hydroxylation is 1. The summed E-state index contributed by atoms with van der Waals surface area (Å²) in [6, 6.07) is 6.10. The van der Waals surface area contributed by atoms with E-state index in [0.29, 0.717) is 31.9 Å². The molecule has 1 aliphatic carbocycles. The molecule has 0 bridgehead atoms. The Morgan fingerprint density at radius 2 is 1.78 bits per heavy atom. The Morgan fingerprint density at radius 3 is 2.37 bits per heavy atom. The van der Waals surface area contributed by atoms with Gasteiger partial charge in [0, 0.05) is 82.8 Å². The molecule has 2 N–H and O–H groups in total. The summed E-state index contributed by atoms with van der Waals surface area (Å²) in [6.07, 6.45) is 3.94. The van der Waals surface area contributed by atoms with Crippen molar-refractivity contribution in [1.82, 2.24) is 20.4 Å². The number of ether oxygens (including phenoxy) is 2. The van der Waals surface area contributed by atoms with Gasteiger partial charge in [0.2, 0.25) is 11.8 Å². The van der Waals surface area contributed by atoms with Crippen molar-refractivity contribution in [2.45, 2.75) is 91.3 Å². The van der Waals surface area contributed by atoms with Gasteiger partial charge in [-0.25, -0.2) is 0 Å². The van der Waals surface area contributed by atoms with Crippen LogP contribution < -0.4 is 15.4 Å². The number of hydrogen-bond acceptors (Lipinski definition) is 6. The first-order chi connectivity index (χ1) is 19.5. The van der Waals surface area contributed by atoms with Crippen LogP contribution in [0.3, 0.4) is 0 Å². The fourth-order valence-electron chi connectivity index (χ4n) is 5.75. The fraction of sp³-hybridized carbons (Fsp3) is 0.719. The van der Waals surface area contributed by atoms with E-state index in [1.807, 2.05) is 41.8 Å². The summed E-state index contributed by atoms with van der Waals surface area (Å²) >= 11 is 0. The van der Waals surface area contributed by atoms with Gasteiger partial charge in [-0.05, 0) is 76.5 Å². The summed E-state index contributed by atoms with van der Waals surface area (Å²) in [5, 5.41) is 6.42. The molecule has 3 amide bonds. The highest BCUT2D eigenvalue weighted by molar-refractivity contribution is 5.95. The number of nitrogens with zero attached hydrogens (tertiary/aromatic N) is 2. The largest absolute Gasteiger partial charge is 0.493 e. The smallest absolute Gasteiger partial charge is 0.254 e. The molecule has 0 radical (unpaired) electrons. The highest BCUT2D eigenvalue weighted by atomic mass is 16.5. The molecule has 41 heavy (non-hydrogen) atoms. The number of carbonyl (C=O) groups is 3. The van der Waals surface area contributed by atoms with Crippen molar-refractivity contribution in [2.24, 2.45) is 11.8 Å². The molecule has 1 aromatic carbocycles. The maximum atomic E-state index is 13.8. The van der Waals surface area contributed by atoms with E-state index in [1.165, 1.54) is 6.92 Å². The topological polar surface area (TPSA) is 100 Å². The molecule has 1 aromatic rings. The van der Waals surface area contributed by atoms with Crippen LogP contribution in [0.5, 0.6) is 5.75 Å². The molecule has 9 nitrogen and oxygen atoms in total. The van der Waals surface area contributed by atoms with E-state index >= 15 is 0 Å². The van der Waals surface area contributed by atoms with Crippen LogP contribution >= 0.6 is 0 Å². The van der Waals surface area contributed by atoms with E-state index in [4.69, 9.17) is 9.47 Å². The van der Waals surface area contributed by atoms with Crippen LogP contribution in [0.2, 0.25) is 0 Å². The Hall–Kier alpha value is -2.65. The maximum absolute atomic E-state index is 13.8. The average Bonchev–Trinajstić information content (AvgIpc) is 3.65. The van der Waals surface area contributed by atoms with Crippen molar-refractivity contribution in [3.8, 4) is 5.75 Å². The maximum Gasteiger partial charge on any atom is 0.254 e. The van der Waals surface area contributed by atoms with Crippen molar-refractivity contribution in [2.75, 3.05) is 46.5 Å². The molecule has 1 saturated heterocycles. The summed E-state index contributed by atoms with van der Waals surface area (Å²) in [7, 11) is 1.68. The molecule has 1 saturated carbocycles. The van der Waals surface area contributed by atoms with Gasteiger partial charge in [0.25, 0.3) is 5.91 Å². The van der Waals surface area contributed by atoms with Gasteiger partial charge in [0.1, 0.15) is 5.75 Å². The predicted octanol–water partition coefficient (Wildman–Crippen LogP) is 3.65. The first-order valence-electron chi connectivity index (χ1n) is 15.3. The van der Waals surface area contributed by atoms with Gasteiger partial charge in [0.05, 0.1) is 6.61 Å². The van der Waals surface area contributed by atoms with Gasteiger partial charge in [0.15, 0.2) is 0 Å². The van der Waals surface area contributed by atoms with E-state index in [-0.39, 0.29) is 48.1 Å². The van der Waals surface area contributed by atoms with Gasteiger partial charge in [-0.15, -0.1) is 0 Å². The normalized spacial score (nSPS) is 18.8. The number of amides is 3. The lowest BCUT2D eigenvalue weighted by Crippen LogP contribution is -2.49. The molecular weight excluding hydrogens is 520 g/mol. The molecule has 2 atom stereocenters. The van der Waals surface area contributed by atoms with Crippen molar-refractivity contribution < 1.29 is 23.9 Å². The molecule has 2 fully saturated rings. The van der Waals surface area contributed by atoms with Gasteiger partial charge in [-0.2, -0.15) is 0 Å². The number of carbonyl (C=O) groups excluding carboxylic acids is 3. The van der Waals surface area contributed by atoms with Crippen molar-refractivity contribution >= 4 is 17.7 Å². The average molecular weight is 573 g/mol. The molecular formula is C32H52N4O5. The van der Waals surface area contributed by atoms with E-state index in [9.17, 15) is 14.4 Å². The lowest BCUT2D eigenvalue weighted by molar-refractivity contribution is -0.134. The third-order valence-electron chi connectivity index (χ3n) is 8.09. The van der Waals surface area contributed by atoms with Crippen molar-refractivity contribution in [3.05, 3.63) is 29.3 Å². The van der Waals surface area contributed by atoms with Crippen molar-refractivity contribution in [3.63, 3.8) is 0 Å². The highest BCUT2D eigenvalue weighted by Gasteiger charge is 2.39. The molecule has 3 rings (SSSR count). The predicted molar refractivity (Wildman–Crippen MR) is 161 cm³/mol. The van der Waals surface area contributed by atoms with E-state index < -0.39 is 5.54 Å². The van der Waals surface area contributed by atoms with E-state index in [0.717, 1.165) is 50.1 Å². The molecule has 2 aliphatic rings. The molecule has 0 aromatic heterocycles. The second-order valence-electron chi connectivity index (χ2n) is 12.6. The monoisotopic (exact) mass is 572 g/mol. The first kappa shape index (κ1) is 32.9. The Morgan fingerprint density at radius 1 is 1.10 bits per heavy atom. The summed E-state index contributed by atoms with van der Waals surface area (Å²) in [5.74, 6) is 1.20. The second-order valence-corrected chi connectivity index (χ2v) is 12.6. The number of benzene rings is 1. The zero-order valence-electron chi connectivity index (χ0n) is 26.3. The molecule has 1 heterocycles. The van der Waals surface area contributed by atoms with Crippen LogP contribution in [-0.2, 0) is 20.7 Å². The van der Waals surface area contributed by atoms with E-state index in [1.54, 1.807) is 7.11 Å². The summed E-state index contributed by atoms with van der Waals surface area (Å²) in [5.41, 5.74) is 1.13. The van der Waals surface area contributed by atoms with Crippen LogP contribution in [0.4, 0.5) is 0 Å². The van der Waals surface area contributed by atoms with Gasteiger partial charge >= 0.3 is 0 Å². The lowest BCUT2D eigenvalue weighted by atomic mass is 9.93. The third kappa shape index (κ3) is 9.70. The van der Waals surface area contributed by atoms with Crippen LogP contribution in [0.25, 0.3) is 0 Å². The SMILES string of the molecule is CCc1ccc(C(=O)N(C[C@@H]2CNC[C@H]2CN(C(=O)CC(C)(C)NC(C)=O)C2CC2)C(C)C)cc1OCCCOC. The number of rotatable bonds is 16. The Bertz CT molecular complexity index is 1040. The number of hydrogen-bond donors (Lipinski definition) is 2. The molecule has 9 heteroatoms. The molecule has 0 unspecified atom stereocenters. The summed E-state index contributed by atoms with van der Waals surface area (Å²) in [4.78, 5) is 42.9. The van der Waals surface area contributed by atoms with Crippen molar-refractivity contribution in [1.29, 1.82) is 0 Å². The standard InChI is InChI=1S/C32H52N4O5/c1-8-24-10-11-25(16-29(24)41-15-9-14-40-7)31(39)35(22(2)3)20-26-18-33-19-27(26)21-36(28-12-13-28)30(38)17-32(5,6)34-23(4)37/h10-11,16,22,26-28,33H,8-9,12-15,17-21H2,1-7H3,(H,34,37)/t26-,27-/m0/s1. The van der Waals surface area contributed by atoms with Crippen LogP contribution in [0.1, 0.15) is 83.1 Å². The van der Waals surface area contributed by atoms with Gasteiger partial charge < -0.3 is 29.9 Å². The quantitative estimate of drug-likeness (QED) is 0.294. The Balaban J connectivity index is 1.70. The minimum atomic E-state index is -0.593. The van der Waals surface area contributed by atoms with Crippen LogP contribution in [0, 0.1) is 11.8 Å². The molecule has 1 aliphatic heterocycles. The second kappa shape index (κ2) is 15.0. The summed E-state index contributed by atoms with van der Waals surface area (Å²) < 4.78 is 11.2. The van der Waals surface area contributed by atoms with Crippen LogP contribution in [0.15, 0.2) is 18.2 Å². The minimum Gasteiger partial charge on any atom is -0.493 e. The van der Waals surface area contributed by atoms with Crippen LogP contribution in [-0.4, -0.2) is 91.6 Å². The summed E-state index contributed by atoms with van der Waals surface area (Å²) in [6.45, 7) is 15.6. The number of nitrogens with one attached hydrogen (secondary N) is 2. The van der Waals surface area contributed by atoms with Gasteiger partial charge in [-0.1, -0.05) is 13.0 Å². The third-order valence-corrected chi connectivity index (χ3v) is 8.09. The highest BCUT2D eigenvalue weighted by Crippen LogP contribution is 2.32. The Labute approximate surface area is 246 Å². The number of methoxy groups -OCH3 is 1. The fourth-order valence-corrected chi connectivity index (χ4v) is 5.75. The zero-order valence-corrected chi connectivity index (χ0v) is 26.3. The minimum absolute atomic E-state index is 0.00206. The van der Waals surface area contributed by atoms with Gasteiger partial charge in [-0.3, -0.25) is 14.4 Å². The Kier molecular flexibility index (Phi) is 12.0. The lowest BCUT2D eigenvalue weighted by Gasteiger charge is -2.35. The first-order valence-corrected chi connectivity index (χ1v) is 15.3. The molecule has 0 spiro atoms. The zero-order chi connectivity index (χ0) is 30.2. The van der Waals surface area contributed by atoms with E-state index in [2.05, 4.69) is 31.4 Å².